The van der Waals surface area contributed by atoms with Crippen LogP contribution in [0.5, 0.6) is 0 Å². The average molecular weight is 315 g/mol. The van der Waals surface area contributed by atoms with Gasteiger partial charge in [-0.2, -0.15) is 29.9 Å². The molecule has 8 heteroatoms. The summed E-state index contributed by atoms with van der Waals surface area (Å²) in [6.07, 6.45) is -4.40. The zero-order valence-corrected chi connectivity index (χ0v) is 11.6. The molecule has 0 saturated carbocycles. The fraction of sp³-hybridized carbons (Fsp3) is 0.385. The lowest BCUT2D eigenvalue weighted by atomic mass is 10.1. The number of aromatic nitrogens is 2. The summed E-state index contributed by atoms with van der Waals surface area (Å²) in [6, 6.07) is 4.80. The fourth-order valence-electron chi connectivity index (χ4n) is 2.16. The van der Waals surface area contributed by atoms with Crippen LogP contribution in [0.2, 0.25) is 0 Å². The lowest BCUT2D eigenvalue weighted by Gasteiger charge is -2.08. The molecule has 1 aromatic heterocycles. The van der Waals surface area contributed by atoms with Gasteiger partial charge in [0, 0.05) is 23.1 Å². The first-order valence-corrected chi connectivity index (χ1v) is 7.45. The molecule has 2 aromatic rings. The Morgan fingerprint density at radius 1 is 1.29 bits per heavy atom. The molecule has 3 rings (SSSR count). The molecule has 1 saturated heterocycles. The van der Waals surface area contributed by atoms with Crippen LogP contribution in [0.1, 0.15) is 17.4 Å². The summed E-state index contributed by atoms with van der Waals surface area (Å²) < 4.78 is 43.3. The first kappa shape index (κ1) is 14.4. The predicted octanol–water partition coefficient (Wildman–Crippen LogP) is 2.91. The van der Waals surface area contributed by atoms with Gasteiger partial charge in [0.05, 0.1) is 11.5 Å². The largest absolute Gasteiger partial charge is 0.416 e. The topological polar surface area (TPSA) is 64.9 Å². The molecule has 0 amide bonds. The van der Waals surface area contributed by atoms with Crippen LogP contribution in [-0.4, -0.2) is 27.7 Å². The van der Waals surface area contributed by atoms with Crippen LogP contribution in [0.4, 0.5) is 13.2 Å². The first-order chi connectivity index (χ1) is 9.95. The highest BCUT2D eigenvalue weighted by atomic mass is 32.2. The third kappa shape index (κ3) is 2.91. The van der Waals surface area contributed by atoms with Crippen molar-refractivity contribution in [2.75, 3.05) is 11.5 Å². The van der Waals surface area contributed by atoms with Crippen LogP contribution < -0.4 is 5.73 Å². The van der Waals surface area contributed by atoms with Gasteiger partial charge in [0.2, 0.25) is 11.7 Å². The molecule has 1 aliphatic heterocycles. The van der Waals surface area contributed by atoms with E-state index in [-0.39, 0.29) is 23.3 Å². The van der Waals surface area contributed by atoms with Gasteiger partial charge >= 0.3 is 6.18 Å². The van der Waals surface area contributed by atoms with Gasteiger partial charge in [-0.15, -0.1) is 0 Å². The minimum Gasteiger partial charge on any atom is -0.339 e. The summed E-state index contributed by atoms with van der Waals surface area (Å²) >= 11 is 1.69. The van der Waals surface area contributed by atoms with Gasteiger partial charge in [-0.05, 0) is 12.1 Å². The molecule has 0 radical (unpaired) electrons. The molecule has 1 aliphatic rings. The number of halogens is 3. The number of alkyl halides is 3. The summed E-state index contributed by atoms with van der Waals surface area (Å²) in [5, 5.41) is 3.77. The zero-order valence-electron chi connectivity index (χ0n) is 10.8. The third-order valence-corrected chi connectivity index (χ3v) is 4.55. The van der Waals surface area contributed by atoms with Gasteiger partial charge < -0.3 is 10.3 Å². The first-order valence-electron chi connectivity index (χ1n) is 6.30. The minimum absolute atomic E-state index is 0.0398. The van der Waals surface area contributed by atoms with E-state index in [1.54, 1.807) is 11.8 Å². The maximum Gasteiger partial charge on any atom is 0.416 e. The molecule has 2 N–H and O–H groups in total. The summed E-state index contributed by atoms with van der Waals surface area (Å²) in [5.41, 5.74) is 5.48. The van der Waals surface area contributed by atoms with Crippen LogP contribution in [-0.2, 0) is 6.18 Å². The number of hydrogen-bond acceptors (Lipinski definition) is 5. The summed E-state index contributed by atoms with van der Waals surface area (Å²) in [6.45, 7) is 0. The Labute approximate surface area is 122 Å². The summed E-state index contributed by atoms with van der Waals surface area (Å²) in [4.78, 5) is 4.20. The molecule has 4 nitrogen and oxygen atoms in total. The lowest BCUT2D eigenvalue weighted by molar-refractivity contribution is -0.137. The van der Waals surface area contributed by atoms with E-state index in [0.717, 1.165) is 23.6 Å². The molecule has 2 unspecified atom stereocenters. The van der Waals surface area contributed by atoms with E-state index >= 15 is 0 Å². The van der Waals surface area contributed by atoms with Crippen LogP contribution in [0.25, 0.3) is 11.4 Å². The zero-order chi connectivity index (χ0) is 15.0. The van der Waals surface area contributed by atoms with Crippen molar-refractivity contribution in [1.29, 1.82) is 0 Å². The quantitative estimate of drug-likeness (QED) is 0.923. The van der Waals surface area contributed by atoms with Gasteiger partial charge in [0.1, 0.15) is 0 Å². The van der Waals surface area contributed by atoms with Crippen molar-refractivity contribution in [2.24, 2.45) is 5.73 Å². The smallest absolute Gasteiger partial charge is 0.339 e. The van der Waals surface area contributed by atoms with Crippen molar-refractivity contribution in [3.63, 3.8) is 0 Å². The Balaban J connectivity index is 1.90. The van der Waals surface area contributed by atoms with E-state index in [1.807, 2.05) is 0 Å². The van der Waals surface area contributed by atoms with Crippen molar-refractivity contribution in [2.45, 2.75) is 18.1 Å². The molecule has 2 heterocycles. The second-order valence-corrected chi connectivity index (χ2v) is 5.92. The summed E-state index contributed by atoms with van der Waals surface area (Å²) in [7, 11) is 0. The lowest BCUT2D eigenvalue weighted by Crippen LogP contribution is -2.26. The highest BCUT2D eigenvalue weighted by molar-refractivity contribution is 7.99. The molecular weight excluding hydrogens is 303 g/mol. The maximum atomic E-state index is 12.7. The van der Waals surface area contributed by atoms with Crippen molar-refractivity contribution in [3.8, 4) is 11.4 Å². The molecule has 1 fully saturated rings. The molecule has 0 bridgehead atoms. The van der Waals surface area contributed by atoms with E-state index in [2.05, 4.69) is 10.1 Å². The molecule has 1 aromatic carbocycles. The molecule has 0 aliphatic carbocycles. The van der Waals surface area contributed by atoms with Gasteiger partial charge in [-0.3, -0.25) is 0 Å². The van der Waals surface area contributed by atoms with Gasteiger partial charge in [-0.1, -0.05) is 17.3 Å². The number of nitrogens with two attached hydrogens (primary N) is 1. The molecular formula is C13H12F3N3OS. The SMILES string of the molecule is NC1CSCC1c1nc(-c2cccc(C(F)(F)F)c2)no1. The standard InChI is InChI=1S/C13H12F3N3OS/c14-13(15,16)8-3-1-2-7(4-8)11-18-12(20-19-11)9-5-21-6-10(9)17/h1-4,9-10H,5-6,17H2. The van der Waals surface area contributed by atoms with Crippen LogP contribution >= 0.6 is 11.8 Å². The van der Waals surface area contributed by atoms with E-state index < -0.39 is 11.7 Å². The Kier molecular flexibility index (Phi) is 3.66. The highest BCUT2D eigenvalue weighted by Gasteiger charge is 2.32. The second-order valence-electron chi connectivity index (χ2n) is 4.84. The Bertz CT molecular complexity index is 644. The number of rotatable bonds is 2. The Morgan fingerprint density at radius 3 is 2.76 bits per heavy atom. The van der Waals surface area contributed by atoms with Gasteiger partial charge in [0.15, 0.2) is 0 Å². The van der Waals surface area contributed by atoms with E-state index in [0.29, 0.717) is 5.89 Å². The normalized spacial score (nSPS) is 22.7. The second kappa shape index (κ2) is 5.34. The Morgan fingerprint density at radius 2 is 2.10 bits per heavy atom. The third-order valence-electron chi connectivity index (χ3n) is 3.33. The van der Waals surface area contributed by atoms with Crippen molar-refractivity contribution >= 4 is 11.8 Å². The van der Waals surface area contributed by atoms with Crippen LogP contribution in [0.3, 0.4) is 0 Å². The number of hydrogen-bond donors (Lipinski definition) is 1. The average Bonchev–Trinajstić information content (AvgIpc) is 3.06. The highest BCUT2D eigenvalue weighted by Crippen LogP contribution is 2.33. The maximum absolute atomic E-state index is 12.7. The fourth-order valence-corrected chi connectivity index (χ4v) is 3.45. The van der Waals surface area contributed by atoms with Gasteiger partial charge in [-0.25, -0.2) is 0 Å². The van der Waals surface area contributed by atoms with Crippen molar-refractivity contribution in [1.82, 2.24) is 10.1 Å². The van der Waals surface area contributed by atoms with E-state index in [4.69, 9.17) is 10.3 Å². The number of thioether (sulfide) groups is 1. The molecule has 0 spiro atoms. The number of benzene rings is 1. The van der Waals surface area contributed by atoms with Crippen molar-refractivity contribution in [3.05, 3.63) is 35.7 Å². The van der Waals surface area contributed by atoms with Gasteiger partial charge in [0.25, 0.3) is 0 Å². The monoisotopic (exact) mass is 315 g/mol. The minimum atomic E-state index is -4.40. The molecule has 112 valence electrons. The summed E-state index contributed by atoms with van der Waals surface area (Å²) in [5.74, 6) is 2.10. The Hall–Kier alpha value is -1.54. The van der Waals surface area contributed by atoms with Crippen LogP contribution in [0, 0.1) is 0 Å². The van der Waals surface area contributed by atoms with Crippen LogP contribution in [0.15, 0.2) is 28.8 Å². The van der Waals surface area contributed by atoms with E-state index in [9.17, 15) is 13.2 Å². The van der Waals surface area contributed by atoms with E-state index in [1.165, 1.54) is 12.1 Å². The van der Waals surface area contributed by atoms with Crippen molar-refractivity contribution < 1.29 is 17.7 Å². The molecule has 2 atom stereocenters. The predicted molar refractivity (Wildman–Crippen MR) is 72.8 cm³/mol. The molecule has 21 heavy (non-hydrogen) atoms. The number of nitrogens with zero attached hydrogens (tertiary/aromatic N) is 2.